The van der Waals surface area contributed by atoms with Crippen LogP contribution in [0.3, 0.4) is 0 Å². The fraction of sp³-hybridized carbons (Fsp3) is 0.593. The fourth-order valence-electron chi connectivity index (χ4n) is 6.87. The molecule has 0 radical (unpaired) electrons. The molecule has 10 nitrogen and oxygen atoms in total. The molecule has 1 amide bonds. The molecule has 0 aromatic heterocycles. The lowest BCUT2D eigenvalue weighted by molar-refractivity contribution is -0.181. The third-order valence-corrected chi connectivity index (χ3v) is 9.48. The lowest BCUT2D eigenvalue weighted by Crippen LogP contribution is -2.74. The number of nitrogens with two attached hydrogens (primary N) is 1. The molecule has 0 aliphatic heterocycles. The molecule has 3 fully saturated rings. The van der Waals surface area contributed by atoms with Gasteiger partial charge in [0.1, 0.15) is 5.75 Å². The van der Waals surface area contributed by atoms with Crippen LogP contribution in [0.25, 0.3) is 0 Å². The quantitative estimate of drug-likeness (QED) is 0.370. The molecule has 1 aromatic rings. The second kappa shape index (κ2) is 9.22. The van der Waals surface area contributed by atoms with Crippen LogP contribution in [0.1, 0.15) is 47.7 Å². The summed E-state index contributed by atoms with van der Waals surface area (Å²) in [6, 6.07) is 0.546. The minimum absolute atomic E-state index is 0.0117. The highest BCUT2D eigenvalue weighted by Crippen LogP contribution is 2.51. The predicted molar refractivity (Wildman–Crippen MR) is 135 cm³/mol. The number of phenolic OH excluding ortho intramolecular Hbond substituents is 1. The van der Waals surface area contributed by atoms with Crippen LogP contribution in [0.2, 0.25) is 5.02 Å². The zero-order valence-corrected chi connectivity index (χ0v) is 22.2. The number of benzene rings is 1. The fourth-order valence-corrected chi connectivity index (χ4v) is 7.16. The van der Waals surface area contributed by atoms with Gasteiger partial charge in [0.25, 0.3) is 0 Å². The van der Waals surface area contributed by atoms with E-state index in [1.807, 2.05) is 0 Å². The average Bonchev–Trinajstić information content (AvgIpc) is 3.67. The Kier molecular flexibility index (Phi) is 6.53. The molecule has 0 bridgehead atoms. The summed E-state index contributed by atoms with van der Waals surface area (Å²) < 4.78 is 0. The molecule has 38 heavy (non-hydrogen) atoms. The largest absolute Gasteiger partial charge is 0.507 e. The number of aromatic hydroxyl groups is 1. The van der Waals surface area contributed by atoms with Crippen LogP contribution in [0.5, 0.6) is 5.75 Å². The molecule has 4 aliphatic rings. The molecule has 11 heteroatoms. The van der Waals surface area contributed by atoms with Gasteiger partial charge in [-0.1, -0.05) is 11.6 Å². The van der Waals surface area contributed by atoms with Crippen LogP contribution < -0.4 is 11.1 Å². The van der Waals surface area contributed by atoms with Crippen molar-refractivity contribution in [2.45, 2.75) is 56.8 Å². The maximum atomic E-state index is 13.8. The van der Waals surface area contributed by atoms with Crippen molar-refractivity contribution in [3.05, 3.63) is 27.8 Å². The van der Waals surface area contributed by atoms with E-state index >= 15 is 0 Å². The monoisotopic (exact) mass is 545 g/mol. The van der Waals surface area contributed by atoms with Gasteiger partial charge in [-0.05, 0) is 75.7 Å². The van der Waals surface area contributed by atoms with Crippen molar-refractivity contribution in [1.82, 2.24) is 10.2 Å². The highest BCUT2D eigenvalue weighted by atomic mass is 35.5. The number of primary amides is 1. The van der Waals surface area contributed by atoms with E-state index in [9.17, 15) is 34.2 Å². The van der Waals surface area contributed by atoms with Crippen LogP contribution in [-0.4, -0.2) is 75.9 Å². The van der Waals surface area contributed by atoms with Gasteiger partial charge in [0.05, 0.1) is 17.5 Å². The Morgan fingerprint density at radius 3 is 2.47 bits per heavy atom. The van der Waals surface area contributed by atoms with E-state index in [2.05, 4.69) is 12.2 Å². The van der Waals surface area contributed by atoms with Gasteiger partial charge in [0, 0.05) is 23.5 Å². The summed E-state index contributed by atoms with van der Waals surface area (Å²) in [6.07, 6.45) is 2.46. The maximum absolute atomic E-state index is 13.8. The Hall–Kier alpha value is -2.66. The molecule has 5 N–H and O–H groups in total. The van der Waals surface area contributed by atoms with Gasteiger partial charge >= 0.3 is 0 Å². The van der Waals surface area contributed by atoms with Gasteiger partial charge < -0.3 is 21.3 Å². The van der Waals surface area contributed by atoms with Crippen molar-refractivity contribution in [1.29, 1.82) is 0 Å². The summed E-state index contributed by atoms with van der Waals surface area (Å²) in [7, 11) is 3.09. The smallest absolute Gasteiger partial charge is 0.235 e. The van der Waals surface area contributed by atoms with E-state index < -0.39 is 64.4 Å². The number of likely N-dealkylation sites (N-methyl/N-ethyl adjacent to an activating group) is 1. The number of halogens is 1. The van der Waals surface area contributed by atoms with E-state index in [4.69, 9.17) is 17.3 Å². The van der Waals surface area contributed by atoms with Crippen molar-refractivity contribution in [2.24, 2.45) is 35.3 Å². The normalized spacial score (nSPS) is 33.6. The summed E-state index contributed by atoms with van der Waals surface area (Å²) in [6.45, 7) is 2.48. The average molecular weight is 546 g/mol. The van der Waals surface area contributed by atoms with Crippen molar-refractivity contribution in [2.75, 3.05) is 14.1 Å². The van der Waals surface area contributed by atoms with E-state index in [0.717, 1.165) is 12.8 Å². The number of ketones is 4. The van der Waals surface area contributed by atoms with Crippen LogP contribution in [0.15, 0.2) is 6.07 Å². The Bertz CT molecular complexity index is 1280. The van der Waals surface area contributed by atoms with Gasteiger partial charge in [-0.3, -0.25) is 28.9 Å². The number of amides is 1. The number of rotatable bonds is 6. The molecule has 0 saturated heterocycles. The van der Waals surface area contributed by atoms with Crippen LogP contribution in [0.4, 0.5) is 0 Å². The predicted octanol–water partition coefficient (Wildman–Crippen LogP) is 0.409. The molecule has 204 valence electrons. The molecule has 7 atom stereocenters. The topological polar surface area (TPSA) is 167 Å². The molecule has 3 saturated carbocycles. The molecule has 5 rings (SSSR count). The number of Topliss-reactive ketones (excluding diaryl/α,β-unsaturated/α-hetero) is 4. The summed E-state index contributed by atoms with van der Waals surface area (Å²) in [5.74, 6) is -10.1. The first-order valence-electron chi connectivity index (χ1n) is 12.9. The molecule has 2 unspecified atom stereocenters. The van der Waals surface area contributed by atoms with Crippen molar-refractivity contribution in [3.8, 4) is 5.75 Å². The SMILES string of the molecule is C[C@@H](NCc1cc(O)c2c(c1Cl)C[C@H]1C[C@H]3[C@H](N(C)C)C(=O)C(C(N)=O)C(=O)[C@@]3(O)C(=O)C1C2=O)C1CC1. The number of carbonyl (C=O) groups is 5. The van der Waals surface area contributed by atoms with E-state index in [1.54, 1.807) is 14.1 Å². The molecule has 0 heterocycles. The number of hydrogen-bond acceptors (Lipinski definition) is 9. The third-order valence-electron chi connectivity index (χ3n) is 9.01. The van der Waals surface area contributed by atoms with Crippen LogP contribution >= 0.6 is 11.6 Å². The Balaban J connectivity index is 1.54. The second-order valence-corrected chi connectivity index (χ2v) is 11.9. The highest BCUT2D eigenvalue weighted by molar-refractivity contribution is 6.34. The summed E-state index contributed by atoms with van der Waals surface area (Å²) in [5.41, 5.74) is 3.54. The molecular formula is C27H32ClN3O7. The molecule has 1 aromatic carbocycles. The van der Waals surface area contributed by atoms with Gasteiger partial charge in [0.2, 0.25) is 5.91 Å². The summed E-state index contributed by atoms with van der Waals surface area (Å²) in [4.78, 5) is 67.4. The lowest BCUT2D eigenvalue weighted by Gasteiger charge is -2.52. The number of hydrogen-bond donors (Lipinski definition) is 4. The number of nitrogens with zero attached hydrogens (tertiary/aromatic N) is 1. The zero-order valence-electron chi connectivity index (χ0n) is 21.5. The van der Waals surface area contributed by atoms with E-state index in [-0.39, 0.29) is 30.2 Å². The number of aliphatic hydroxyl groups is 1. The number of phenols is 1. The van der Waals surface area contributed by atoms with Crippen LogP contribution in [0, 0.1) is 29.6 Å². The maximum Gasteiger partial charge on any atom is 0.235 e. The first-order chi connectivity index (χ1) is 17.8. The molecule has 4 aliphatic carbocycles. The van der Waals surface area contributed by atoms with Gasteiger partial charge in [-0.15, -0.1) is 0 Å². The highest BCUT2D eigenvalue weighted by Gasteiger charge is 2.69. The first-order valence-corrected chi connectivity index (χ1v) is 13.3. The van der Waals surface area contributed by atoms with Crippen molar-refractivity contribution < 1.29 is 34.2 Å². The van der Waals surface area contributed by atoms with Crippen molar-refractivity contribution >= 4 is 40.6 Å². The second-order valence-electron chi connectivity index (χ2n) is 11.5. The standard InChI is InChI=1S/C27H32ClN3O7/c1-10(11-4-5-11)30-9-13-8-16(32)18-14(20(13)28)6-12-7-15-21(31(2)3)23(34)19(26(29)37)25(36)27(15,38)24(35)17(12)22(18)33/h8,10-12,15,17,19,21,30,32,38H,4-7,9H2,1-3H3,(H2,29,37)/t10-,12+,15+,17?,19?,21+,27+/m1/s1. The van der Waals surface area contributed by atoms with E-state index in [0.29, 0.717) is 28.6 Å². The van der Waals surface area contributed by atoms with Gasteiger partial charge in [-0.2, -0.15) is 0 Å². The number of nitrogens with one attached hydrogen (secondary N) is 1. The number of fused-ring (bicyclic) bond motifs is 3. The molecule has 0 spiro atoms. The Morgan fingerprint density at radius 1 is 1.24 bits per heavy atom. The zero-order chi connectivity index (χ0) is 27.8. The first kappa shape index (κ1) is 26.9. The van der Waals surface area contributed by atoms with E-state index in [1.165, 1.54) is 11.0 Å². The Morgan fingerprint density at radius 2 is 1.89 bits per heavy atom. The number of carbonyl (C=O) groups excluding carboxylic acids is 5. The Labute approximate surface area is 224 Å². The lowest BCUT2D eigenvalue weighted by atomic mass is 9.52. The third kappa shape index (κ3) is 3.84. The minimum Gasteiger partial charge on any atom is -0.507 e. The van der Waals surface area contributed by atoms with Crippen molar-refractivity contribution in [3.63, 3.8) is 0 Å². The molecular weight excluding hydrogens is 514 g/mol. The van der Waals surface area contributed by atoms with Gasteiger partial charge in [-0.25, -0.2) is 0 Å². The van der Waals surface area contributed by atoms with Crippen LogP contribution in [-0.2, 0) is 32.1 Å². The minimum atomic E-state index is -2.74. The van der Waals surface area contributed by atoms with Gasteiger partial charge in [0.15, 0.2) is 34.7 Å². The summed E-state index contributed by atoms with van der Waals surface area (Å²) in [5, 5.41) is 26.2. The summed E-state index contributed by atoms with van der Waals surface area (Å²) >= 11 is 6.75.